The normalized spacial score (nSPS) is 12.3. The number of benzene rings is 3. The largest absolute Gasteiger partial charge is 0.489 e. The Morgan fingerprint density at radius 1 is 0.735 bits per heavy atom. The van der Waals surface area contributed by atoms with Crippen LogP contribution in [0.3, 0.4) is 0 Å². The van der Waals surface area contributed by atoms with E-state index in [1.165, 1.54) is 6.92 Å². The van der Waals surface area contributed by atoms with E-state index in [9.17, 15) is 19.5 Å². The third-order valence-corrected chi connectivity index (χ3v) is 5.20. The number of carbonyl (C=O) groups excluding carboxylic acids is 2. The lowest BCUT2D eigenvalue weighted by Crippen LogP contribution is -2.52. The molecule has 7 nitrogen and oxygen atoms in total. The standard InChI is InChI=1S/C27H28N2O5/c1-19(30)28-24(16-20-8-4-2-5-9-20)26(31)29-25(27(32)33)17-21-12-14-23(15-13-21)34-18-22-10-6-3-7-11-22/h2-15,24-25H,16-18H2,1H3,(H,28,30)(H,29,31)(H,32,33)/t24-,25-/m1/s1. The van der Waals surface area contributed by atoms with Crippen LogP contribution in [0.15, 0.2) is 84.9 Å². The highest BCUT2D eigenvalue weighted by molar-refractivity contribution is 5.90. The fraction of sp³-hybridized carbons (Fsp3) is 0.222. The summed E-state index contributed by atoms with van der Waals surface area (Å²) in [4.78, 5) is 36.3. The van der Waals surface area contributed by atoms with Gasteiger partial charge in [-0.15, -0.1) is 0 Å². The van der Waals surface area contributed by atoms with Gasteiger partial charge in [0.15, 0.2) is 0 Å². The minimum absolute atomic E-state index is 0.0954. The number of nitrogens with one attached hydrogen (secondary N) is 2. The highest BCUT2D eigenvalue weighted by atomic mass is 16.5. The summed E-state index contributed by atoms with van der Waals surface area (Å²) in [7, 11) is 0. The lowest BCUT2D eigenvalue weighted by molar-refractivity contribution is -0.142. The Kier molecular flexibility index (Phi) is 8.80. The van der Waals surface area contributed by atoms with Gasteiger partial charge in [-0.1, -0.05) is 72.8 Å². The zero-order valence-corrected chi connectivity index (χ0v) is 18.9. The number of hydrogen-bond acceptors (Lipinski definition) is 4. The highest BCUT2D eigenvalue weighted by Crippen LogP contribution is 2.16. The zero-order chi connectivity index (χ0) is 24.3. The number of carbonyl (C=O) groups is 3. The summed E-state index contributed by atoms with van der Waals surface area (Å²) in [6.07, 6.45) is 0.351. The third-order valence-electron chi connectivity index (χ3n) is 5.20. The smallest absolute Gasteiger partial charge is 0.326 e. The van der Waals surface area contributed by atoms with E-state index in [4.69, 9.17) is 4.74 Å². The van der Waals surface area contributed by atoms with Crippen LogP contribution in [-0.2, 0) is 33.8 Å². The summed E-state index contributed by atoms with van der Waals surface area (Å²) in [5, 5.41) is 14.9. The van der Waals surface area contributed by atoms with Crippen molar-refractivity contribution in [3.05, 3.63) is 102 Å². The van der Waals surface area contributed by atoms with Gasteiger partial charge in [0.25, 0.3) is 0 Å². The Morgan fingerprint density at radius 2 is 1.26 bits per heavy atom. The van der Waals surface area contributed by atoms with Gasteiger partial charge in [-0.05, 0) is 28.8 Å². The van der Waals surface area contributed by atoms with Crippen LogP contribution < -0.4 is 15.4 Å². The number of carboxylic acid groups (broad SMARTS) is 1. The molecule has 3 aromatic rings. The molecule has 0 saturated carbocycles. The van der Waals surface area contributed by atoms with E-state index >= 15 is 0 Å². The average molecular weight is 461 g/mol. The van der Waals surface area contributed by atoms with E-state index in [1.807, 2.05) is 60.7 Å². The molecule has 3 N–H and O–H groups in total. The van der Waals surface area contributed by atoms with Crippen LogP contribution in [0.5, 0.6) is 5.75 Å². The predicted octanol–water partition coefficient (Wildman–Crippen LogP) is 3.12. The Labute approximate surface area is 198 Å². The van der Waals surface area contributed by atoms with E-state index < -0.39 is 24.0 Å². The quantitative estimate of drug-likeness (QED) is 0.408. The molecule has 0 saturated heterocycles. The van der Waals surface area contributed by atoms with Crippen molar-refractivity contribution in [2.45, 2.75) is 38.5 Å². The van der Waals surface area contributed by atoms with Gasteiger partial charge in [-0.2, -0.15) is 0 Å². The minimum atomic E-state index is -1.15. The number of aliphatic carboxylic acids is 1. The molecular weight excluding hydrogens is 432 g/mol. The van der Waals surface area contributed by atoms with E-state index in [2.05, 4.69) is 10.6 Å². The summed E-state index contributed by atoms with van der Waals surface area (Å²) in [6.45, 7) is 1.75. The molecule has 2 amide bonds. The van der Waals surface area contributed by atoms with Crippen molar-refractivity contribution >= 4 is 17.8 Å². The zero-order valence-electron chi connectivity index (χ0n) is 18.9. The van der Waals surface area contributed by atoms with Crippen LogP contribution in [0.4, 0.5) is 0 Å². The maximum absolute atomic E-state index is 12.9. The molecule has 0 bridgehead atoms. The first-order valence-corrected chi connectivity index (χ1v) is 11.0. The number of amides is 2. The molecule has 2 atom stereocenters. The van der Waals surface area contributed by atoms with Crippen molar-refractivity contribution < 1.29 is 24.2 Å². The minimum Gasteiger partial charge on any atom is -0.489 e. The summed E-state index contributed by atoms with van der Waals surface area (Å²) in [5.41, 5.74) is 2.64. The first-order chi connectivity index (χ1) is 16.4. The molecule has 0 aliphatic heterocycles. The second-order valence-electron chi connectivity index (χ2n) is 7.96. The van der Waals surface area contributed by atoms with Crippen LogP contribution in [0.25, 0.3) is 0 Å². The molecule has 34 heavy (non-hydrogen) atoms. The number of rotatable bonds is 11. The van der Waals surface area contributed by atoms with Gasteiger partial charge in [-0.25, -0.2) is 4.79 Å². The second-order valence-corrected chi connectivity index (χ2v) is 7.96. The van der Waals surface area contributed by atoms with Crippen LogP contribution >= 0.6 is 0 Å². The Balaban J connectivity index is 1.61. The van der Waals surface area contributed by atoms with E-state index in [1.54, 1.807) is 24.3 Å². The third kappa shape index (κ3) is 7.78. The number of carboxylic acids is 1. The van der Waals surface area contributed by atoms with Gasteiger partial charge in [0.05, 0.1) is 0 Å². The molecule has 0 heterocycles. The topological polar surface area (TPSA) is 105 Å². The first-order valence-electron chi connectivity index (χ1n) is 11.0. The number of hydrogen-bond donors (Lipinski definition) is 3. The molecule has 0 aliphatic carbocycles. The van der Waals surface area contributed by atoms with Crippen LogP contribution in [0, 0.1) is 0 Å². The molecule has 0 aliphatic rings. The molecule has 176 valence electrons. The lowest BCUT2D eigenvalue weighted by atomic mass is 10.0. The SMILES string of the molecule is CC(=O)N[C@H](Cc1ccccc1)C(=O)N[C@H](Cc1ccc(OCc2ccccc2)cc1)C(=O)O. The maximum Gasteiger partial charge on any atom is 0.326 e. The monoisotopic (exact) mass is 460 g/mol. The fourth-order valence-corrected chi connectivity index (χ4v) is 3.48. The lowest BCUT2D eigenvalue weighted by Gasteiger charge is -2.21. The number of ether oxygens (including phenoxy) is 1. The van der Waals surface area contributed by atoms with Crippen molar-refractivity contribution in [2.24, 2.45) is 0 Å². The molecular formula is C27H28N2O5. The molecule has 0 aromatic heterocycles. The van der Waals surface area contributed by atoms with E-state index in [0.29, 0.717) is 12.4 Å². The summed E-state index contributed by atoms with van der Waals surface area (Å²) in [5.74, 6) is -1.40. The van der Waals surface area contributed by atoms with Crippen molar-refractivity contribution in [3.8, 4) is 5.75 Å². The van der Waals surface area contributed by atoms with E-state index in [-0.39, 0.29) is 18.7 Å². The van der Waals surface area contributed by atoms with Crippen LogP contribution in [0.1, 0.15) is 23.6 Å². The van der Waals surface area contributed by atoms with Crippen molar-refractivity contribution in [3.63, 3.8) is 0 Å². The van der Waals surface area contributed by atoms with Crippen molar-refractivity contribution in [1.29, 1.82) is 0 Å². The summed E-state index contributed by atoms with van der Waals surface area (Å²) >= 11 is 0. The molecule has 7 heteroatoms. The molecule has 3 rings (SSSR count). The van der Waals surface area contributed by atoms with Gasteiger partial charge in [0, 0.05) is 19.8 Å². The molecule has 0 radical (unpaired) electrons. The van der Waals surface area contributed by atoms with Crippen molar-refractivity contribution in [1.82, 2.24) is 10.6 Å². The van der Waals surface area contributed by atoms with Crippen LogP contribution in [0.2, 0.25) is 0 Å². The summed E-state index contributed by atoms with van der Waals surface area (Å²) < 4.78 is 5.76. The first kappa shape index (κ1) is 24.5. The Morgan fingerprint density at radius 3 is 1.82 bits per heavy atom. The second kappa shape index (κ2) is 12.2. The molecule has 0 unspecified atom stereocenters. The highest BCUT2D eigenvalue weighted by Gasteiger charge is 2.26. The summed E-state index contributed by atoms with van der Waals surface area (Å²) in [6, 6.07) is 24.1. The van der Waals surface area contributed by atoms with Gasteiger partial charge in [0.2, 0.25) is 11.8 Å². The van der Waals surface area contributed by atoms with Crippen molar-refractivity contribution in [2.75, 3.05) is 0 Å². The maximum atomic E-state index is 12.9. The van der Waals surface area contributed by atoms with Gasteiger partial charge >= 0.3 is 5.97 Å². The molecule has 0 fully saturated rings. The molecule has 0 spiro atoms. The fourth-order valence-electron chi connectivity index (χ4n) is 3.48. The van der Waals surface area contributed by atoms with Gasteiger partial charge in [0.1, 0.15) is 24.4 Å². The van der Waals surface area contributed by atoms with Gasteiger partial charge in [-0.3, -0.25) is 9.59 Å². The Hall–Kier alpha value is -4.13. The predicted molar refractivity (Wildman–Crippen MR) is 128 cm³/mol. The van der Waals surface area contributed by atoms with Crippen LogP contribution in [-0.4, -0.2) is 35.0 Å². The van der Waals surface area contributed by atoms with E-state index in [0.717, 1.165) is 16.7 Å². The van der Waals surface area contributed by atoms with Gasteiger partial charge < -0.3 is 20.5 Å². The Bertz CT molecular complexity index is 1090. The average Bonchev–Trinajstić information content (AvgIpc) is 2.83. The molecule has 3 aromatic carbocycles.